The molecular formula is C6H7BN2S. The lowest BCUT2D eigenvalue weighted by Gasteiger charge is -2.04. The van der Waals surface area contributed by atoms with Gasteiger partial charge in [0.1, 0.15) is 7.85 Å². The SMILES string of the molecule is [B]c1cc(N)cc(N)c1S. The van der Waals surface area contributed by atoms with Gasteiger partial charge >= 0.3 is 0 Å². The van der Waals surface area contributed by atoms with Crippen molar-refractivity contribution in [2.75, 3.05) is 11.5 Å². The van der Waals surface area contributed by atoms with E-state index in [-0.39, 0.29) is 0 Å². The van der Waals surface area contributed by atoms with Crippen molar-refractivity contribution >= 4 is 37.3 Å². The maximum absolute atomic E-state index is 5.49. The first-order valence-electron chi connectivity index (χ1n) is 2.74. The van der Waals surface area contributed by atoms with Gasteiger partial charge in [0.2, 0.25) is 0 Å². The van der Waals surface area contributed by atoms with Crippen molar-refractivity contribution in [1.29, 1.82) is 0 Å². The van der Waals surface area contributed by atoms with E-state index in [2.05, 4.69) is 12.6 Å². The lowest BCUT2D eigenvalue weighted by atomic mass is 9.95. The van der Waals surface area contributed by atoms with E-state index in [0.29, 0.717) is 21.7 Å². The number of nitrogens with two attached hydrogens (primary N) is 2. The molecule has 0 aliphatic carbocycles. The monoisotopic (exact) mass is 150 g/mol. The highest BCUT2D eigenvalue weighted by Crippen LogP contribution is 2.15. The lowest BCUT2D eigenvalue weighted by Crippen LogP contribution is -2.08. The van der Waals surface area contributed by atoms with Crippen LogP contribution in [0.1, 0.15) is 0 Å². The third kappa shape index (κ3) is 1.21. The third-order valence-corrected chi connectivity index (χ3v) is 1.71. The fourth-order valence-corrected chi connectivity index (χ4v) is 0.833. The largest absolute Gasteiger partial charge is 0.399 e. The summed E-state index contributed by atoms with van der Waals surface area (Å²) >= 11 is 4.05. The van der Waals surface area contributed by atoms with Crippen molar-refractivity contribution in [3.05, 3.63) is 12.1 Å². The summed E-state index contributed by atoms with van der Waals surface area (Å²) in [5.41, 5.74) is 12.5. The number of nitrogen functional groups attached to an aromatic ring is 2. The molecule has 0 saturated heterocycles. The Labute approximate surface area is 66.4 Å². The summed E-state index contributed by atoms with van der Waals surface area (Å²) in [6, 6.07) is 3.25. The number of anilines is 2. The van der Waals surface area contributed by atoms with Gasteiger partial charge < -0.3 is 11.5 Å². The van der Waals surface area contributed by atoms with Crippen molar-refractivity contribution < 1.29 is 0 Å². The third-order valence-electron chi connectivity index (χ3n) is 1.19. The maximum Gasteiger partial charge on any atom is 0.115 e. The second-order valence-corrected chi connectivity index (χ2v) is 2.50. The molecule has 50 valence electrons. The van der Waals surface area contributed by atoms with Crippen molar-refractivity contribution in [2.45, 2.75) is 4.90 Å². The summed E-state index contributed by atoms with van der Waals surface area (Å²) in [4.78, 5) is 0.592. The fourth-order valence-electron chi connectivity index (χ4n) is 0.704. The molecule has 0 atom stereocenters. The molecule has 1 aromatic rings. The molecule has 0 bridgehead atoms. The molecule has 1 rings (SSSR count). The minimum absolute atomic E-state index is 0.515. The van der Waals surface area contributed by atoms with E-state index in [1.165, 1.54) is 0 Å². The van der Waals surface area contributed by atoms with Crippen LogP contribution in [-0.4, -0.2) is 7.85 Å². The predicted molar refractivity (Wildman–Crippen MR) is 47.9 cm³/mol. The minimum Gasteiger partial charge on any atom is -0.399 e. The zero-order chi connectivity index (χ0) is 7.72. The Balaban J connectivity index is 3.31. The standard InChI is InChI=1S/C6H7BN2S/c7-4-1-3(8)2-5(9)6(4)10/h1-2,10H,8-9H2. The molecule has 2 nitrogen and oxygen atoms in total. The van der Waals surface area contributed by atoms with E-state index < -0.39 is 0 Å². The zero-order valence-corrected chi connectivity index (χ0v) is 6.23. The fraction of sp³-hybridized carbons (Fsp3) is 0. The summed E-state index contributed by atoms with van der Waals surface area (Å²) in [5.74, 6) is 0. The van der Waals surface area contributed by atoms with Crippen molar-refractivity contribution in [1.82, 2.24) is 0 Å². The Hall–Kier alpha value is -0.765. The van der Waals surface area contributed by atoms with Crippen LogP contribution < -0.4 is 16.9 Å². The average molecular weight is 150 g/mol. The van der Waals surface area contributed by atoms with E-state index in [9.17, 15) is 0 Å². The van der Waals surface area contributed by atoms with Crippen LogP contribution >= 0.6 is 12.6 Å². The predicted octanol–water partition coefficient (Wildman–Crippen LogP) is -0.0665. The molecule has 0 spiro atoms. The van der Waals surface area contributed by atoms with E-state index in [1.54, 1.807) is 12.1 Å². The molecule has 0 saturated carbocycles. The number of hydrogen-bond donors (Lipinski definition) is 3. The molecule has 0 aromatic heterocycles. The van der Waals surface area contributed by atoms with Crippen LogP contribution in [0.3, 0.4) is 0 Å². The number of hydrogen-bond acceptors (Lipinski definition) is 3. The van der Waals surface area contributed by atoms with E-state index >= 15 is 0 Å². The quantitative estimate of drug-likeness (QED) is 0.275. The summed E-state index contributed by atoms with van der Waals surface area (Å²) in [7, 11) is 5.49. The van der Waals surface area contributed by atoms with E-state index in [1.807, 2.05) is 0 Å². The molecule has 2 radical (unpaired) electrons. The van der Waals surface area contributed by atoms with Gasteiger partial charge in [0, 0.05) is 16.3 Å². The molecular weight excluding hydrogens is 143 g/mol. The van der Waals surface area contributed by atoms with Crippen LogP contribution in [0.2, 0.25) is 0 Å². The van der Waals surface area contributed by atoms with Gasteiger partial charge in [0.15, 0.2) is 0 Å². The van der Waals surface area contributed by atoms with Crippen molar-refractivity contribution in [3.8, 4) is 0 Å². The highest BCUT2D eigenvalue weighted by molar-refractivity contribution is 7.80. The van der Waals surface area contributed by atoms with E-state index in [0.717, 1.165) is 0 Å². The molecule has 0 amide bonds. The molecule has 4 N–H and O–H groups in total. The summed E-state index contributed by atoms with van der Waals surface area (Å²) in [5, 5.41) is 0. The van der Waals surface area contributed by atoms with Crippen LogP contribution in [0.25, 0.3) is 0 Å². The zero-order valence-electron chi connectivity index (χ0n) is 5.33. The first kappa shape index (κ1) is 7.34. The van der Waals surface area contributed by atoms with Crippen molar-refractivity contribution in [2.24, 2.45) is 0 Å². The second-order valence-electron chi connectivity index (χ2n) is 2.05. The smallest absolute Gasteiger partial charge is 0.115 e. The molecule has 0 aliphatic rings. The van der Waals surface area contributed by atoms with Gasteiger partial charge in [-0.2, -0.15) is 0 Å². The Morgan fingerprint density at radius 3 is 2.40 bits per heavy atom. The Bertz CT molecular complexity index is 239. The highest BCUT2D eigenvalue weighted by atomic mass is 32.1. The summed E-state index contributed by atoms with van der Waals surface area (Å²) in [6.45, 7) is 0. The molecule has 0 heterocycles. The van der Waals surface area contributed by atoms with Crippen LogP contribution in [0.4, 0.5) is 11.4 Å². The highest BCUT2D eigenvalue weighted by Gasteiger charge is 1.97. The molecule has 1 aromatic carbocycles. The maximum atomic E-state index is 5.49. The van der Waals surface area contributed by atoms with Gasteiger partial charge in [-0.3, -0.25) is 0 Å². The molecule has 0 unspecified atom stereocenters. The van der Waals surface area contributed by atoms with Crippen molar-refractivity contribution in [3.63, 3.8) is 0 Å². The lowest BCUT2D eigenvalue weighted by molar-refractivity contribution is 1.53. The Morgan fingerprint density at radius 1 is 1.30 bits per heavy atom. The molecule has 10 heavy (non-hydrogen) atoms. The Kier molecular flexibility index (Phi) is 1.81. The van der Waals surface area contributed by atoms with Crippen LogP contribution in [0.15, 0.2) is 17.0 Å². The van der Waals surface area contributed by atoms with Crippen LogP contribution in [0.5, 0.6) is 0 Å². The summed E-state index contributed by atoms with van der Waals surface area (Å²) < 4.78 is 0. The van der Waals surface area contributed by atoms with Gasteiger partial charge in [0.25, 0.3) is 0 Å². The summed E-state index contributed by atoms with van der Waals surface area (Å²) in [6.07, 6.45) is 0. The topological polar surface area (TPSA) is 52.0 Å². The van der Waals surface area contributed by atoms with Gasteiger partial charge in [-0.1, -0.05) is 5.46 Å². The van der Waals surface area contributed by atoms with Crippen LogP contribution in [-0.2, 0) is 0 Å². The Morgan fingerprint density at radius 2 is 1.90 bits per heavy atom. The second kappa shape index (κ2) is 2.46. The molecule has 0 aliphatic heterocycles. The van der Waals surface area contributed by atoms with E-state index in [4.69, 9.17) is 19.3 Å². The van der Waals surface area contributed by atoms with Gasteiger partial charge in [-0.15, -0.1) is 12.6 Å². The number of benzene rings is 1. The number of thiol groups is 1. The molecule has 4 heteroatoms. The average Bonchev–Trinajstić information content (AvgIpc) is 1.82. The molecule has 0 fully saturated rings. The normalized spacial score (nSPS) is 9.70. The van der Waals surface area contributed by atoms with Gasteiger partial charge in [-0.25, -0.2) is 0 Å². The van der Waals surface area contributed by atoms with Gasteiger partial charge in [-0.05, 0) is 12.1 Å². The van der Waals surface area contributed by atoms with Crippen LogP contribution in [0, 0.1) is 0 Å². The first-order valence-corrected chi connectivity index (χ1v) is 3.19. The minimum atomic E-state index is 0.515. The number of rotatable bonds is 0. The first-order chi connectivity index (χ1) is 4.61. The van der Waals surface area contributed by atoms with Gasteiger partial charge in [0.05, 0.1) is 0 Å².